The summed E-state index contributed by atoms with van der Waals surface area (Å²) in [5, 5.41) is 60.0. The second kappa shape index (κ2) is 12.6. The number of carbonyl (C=O) groups is 1. The number of esters is 1. The van der Waals surface area contributed by atoms with Crippen molar-refractivity contribution < 1.29 is 59.1 Å². The molecule has 0 aromatic rings. The van der Waals surface area contributed by atoms with Gasteiger partial charge in [0.2, 0.25) is 0 Å². The standard InChI is InChI=1S/C18H32O12S/c1-8-11(21)13(23)15(25)17(28-8)30-16-14(24)12(22)9(7-19)29-18(16)27-4-6-31-5-3-10(20)26-2/h8-9,11-19,21-25H,3-7H2,1-2H3/t8-,9+,11+,12-,13+,14-,15-,16+,17-,18+/m0/s1. The maximum atomic E-state index is 11.1. The van der Waals surface area contributed by atoms with Gasteiger partial charge in [-0.25, -0.2) is 0 Å². The van der Waals surface area contributed by atoms with Crippen molar-refractivity contribution in [3.05, 3.63) is 0 Å². The van der Waals surface area contributed by atoms with Crippen LogP contribution in [-0.2, 0) is 28.5 Å². The van der Waals surface area contributed by atoms with Gasteiger partial charge in [-0.15, -0.1) is 0 Å². The molecule has 2 aliphatic heterocycles. The molecule has 0 aromatic carbocycles. The molecule has 2 fully saturated rings. The number of rotatable bonds is 10. The van der Waals surface area contributed by atoms with Crippen molar-refractivity contribution in [2.45, 2.75) is 74.8 Å². The Labute approximate surface area is 184 Å². The van der Waals surface area contributed by atoms with Crippen LogP contribution in [0.4, 0.5) is 0 Å². The fraction of sp³-hybridized carbons (Fsp3) is 0.944. The number of aliphatic hydroxyl groups is 6. The summed E-state index contributed by atoms with van der Waals surface area (Å²) in [6.45, 7) is 1.02. The van der Waals surface area contributed by atoms with E-state index >= 15 is 0 Å². The molecule has 0 spiro atoms. The molecule has 10 atom stereocenters. The minimum Gasteiger partial charge on any atom is -0.469 e. The summed E-state index contributed by atoms with van der Waals surface area (Å²) in [7, 11) is 1.31. The van der Waals surface area contributed by atoms with Crippen molar-refractivity contribution in [2.75, 3.05) is 31.8 Å². The predicted molar refractivity (Wildman–Crippen MR) is 105 cm³/mol. The summed E-state index contributed by atoms with van der Waals surface area (Å²) < 4.78 is 26.6. The molecule has 6 N–H and O–H groups in total. The third-order valence-corrected chi connectivity index (χ3v) is 6.06. The fourth-order valence-electron chi connectivity index (χ4n) is 3.20. The van der Waals surface area contributed by atoms with Crippen LogP contribution in [0.15, 0.2) is 0 Å². The number of methoxy groups -OCH3 is 1. The minimum atomic E-state index is -1.62. The first-order valence-electron chi connectivity index (χ1n) is 9.95. The van der Waals surface area contributed by atoms with Crippen LogP contribution in [0.2, 0.25) is 0 Å². The first kappa shape index (κ1) is 26.7. The van der Waals surface area contributed by atoms with Crippen molar-refractivity contribution in [1.29, 1.82) is 0 Å². The predicted octanol–water partition coefficient (Wildman–Crippen LogP) is -3.05. The Bertz CT molecular complexity index is 554. The van der Waals surface area contributed by atoms with Crippen molar-refractivity contribution in [3.8, 4) is 0 Å². The molecule has 0 bridgehead atoms. The van der Waals surface area contributed by atoms with Crippen LogP contribution in [0.3, 0.4) is 0 Å². The van der Waals surface area contributed by atoms with Crippen molar-refractivity contribution in [2.24, 2.45) is 0 Å². The van der Waals surface area contributed by atoms with E-state index in [1.807, 2.05) is 0 Å². The maximum Gasteiger partial charge on any atom is 0.306 e. The van der Waals surface area contributed by atoms with E-state index in [9.17, 15) is 35.4 Å². The summed E-state index contributed by atoms with van der Waals surface area (Å²) in [6, 6.07) is 0. The molecule has 182 valence electrons. The van der Waals surface area contributed by atoms with E-state index in [4.69, 9.17) is 18.9 Å². The van der Waals surface area contributed by atoms with Crippen LogP contribution in [-0.4, -0.2) is 130 Å². The second-order valence-corrected chi connectivity index (χ2v) is 8.52. The first-order valence-corrected chi connectivity index (χ1v) is 11.1. The highest BCUT2D eigenvalue weighted by Gasteiger charge is 2.50. The van der Waals surface area contributed by atoms with Crippen LogP contribution < -0.4 is 0 Å². The Hall–Kier alpha value is -0.580. The van der Waals surface area contributed by atoms with Crippen molar-refractivity contribution in [3.63, 3.8) is 0 Å². The summed E-state index contributed by atoms with van der Waals surface area (Å²) in [4.78, 5) is 11.1. The number of thioether (sulfide) groups is 1. The molecule has 2 rings (SSSR count). The highest BCUT2D eigenvalue weighted by atomic mass is 32.2. The number of carbonyl (C=O) groups excluding carboxylic acids is 1. The molecule has 2 aliphatic rings. The lowest BCUT2D eigenvalue weighted by Crippen LogP contribution is -2.64. The highest BCUT2D eigenvalue weighted by Crippen LogP contribution is 2.29. The lowest BCUT2D eigenvalue weighted by molar-refractivity contribution is -0.364. The Morgan fingerprint density at radius 3 is 2.29 bits per heavy atom. The summed E-state index contributed by atoms with van der Waals surface area (Å²) in [5.41, 5.74) is 0. The minimum absolute atomic E-state index is 0.128. The molecule has 0 aromatic heterocycles. The van der Waals surface area contributed by atoms with Gasteiger partial charge in [0, 0.05) is 11.5 Å². The normalized spacial score (nSPS) is 41.2. The molecule has 0 radical (unpaired) electrons. The number of hydrogen-bond acceptors (Lipinski definition) is 13. The van der Waals surface area contributed by atoms with E-state index in [1.165, 1.54) is 25.8 Å². The van der Waals surface area contributed by atoms with Gasteiger partial charge in [-0.3, -0.25) is 4.79 Å². The average molecular weight is 473 g/mol. The summed E-state index contributed by atoms with van der Waals surface area (Å²) in [6.07, 6.45) is -13.3. The summed E-state index contributed by atoms with van der Waals surface area (Å²) in [5.74, 6) is 0.659. The van der Waals surface area contributed by atoms with Gasteiger partial charge in [-0.05, 0) is 6.92 Å². The molecule has 12 nitrogen and oxygen atoms in total. The first-order chi connectivity index (χ1) is 14.7. The van der Waals surface area contributed by atoms with E-state index < -0.39 is 68.0 Å². The topological polar surface area (TPSA) is 185 Å². The third-order valence-electron chi connectivity index (χ3n) is 5.11. The molecule has 31 heavy (non-hydrogen) atoms. The number of aliphatic hydroxyl groups excluding tert-OH is 6. The largest absolute Gasteiger partial charge is 0.469 e. The molecular weight excluding hydrogens is 440 g/mol. The molecule has 13 heteroatoms. The van der Waals surface area contributed by atoms with Gasteiger partial charge in [0.05, 0.1) is 32.8 Å². The van der Waals surface area contributed by atoms with Gasteiger partial charge in [0.1, 0.15) is 42.7 Å². The van der Waals surface area contributed by atoms with Crippen LogP contribution in [0.25, 0.3) is 0 Å². The molecule has 2 saturated heterocycles. The Balaban J connectivity index is 1.97. The monoisotopic (exact) mass is 472 g/mol. The molecule has 2 heterocycles. The Morgan fingerprint density at radius 2 is 1.65 bits per heavy atom. The Kier molecular flexibility index (Phi) is 10.8. The molecular formula is C18H32O12S. The van der Waals surface area contributed by atoms with Gasteiger partial charge in [-0.2, -0.15) is 11.8 Å². The summed E-state index contributed by atoms with van der Waals surface area (Å²) >= 11 is 1.42. The van der Waals surface area contributed by atoms with Gasteiger partial charge >= 0.3 is 5.97 Å². The smallest absolute Gasteiger partial charge is 0.306 e. The van der Waals surface area contributed by atoms with E-state index in [0.29, 0.717) is 11.5 Å². The van der Waals surface area contributed by atoms with E-state index in [0.717, 1.165) is 0 Å². The third kappa shape index (κ3) is 6.95. The molecule has 0 unspecified atom stereocenters. The van der Waals surface area contributed by atoms with Gasteiger partial charge in [0.25, 0.3) is 0 Å². The molecule has 0 aliphatic carbocycles. The van der Waals surface area contributed by atoms with Gasteiger partial charge in [0.15, 0.2) is 12.6 Å². The zero-order valence-corrected chi connectivity index (χ0v) is 18.2. The second-order valence-electron chi connectivity index (χ2n) is 7.30. The van der Waals surface area contributed by atoms with E-state index in [2.05, 4.69) is 4.74 Å². The van der Waals surface area contributed by atoms with Crippen LogP contribution >= 0.6 is 11.8 Å². The zero-order chi connectivity index (χ0) is 23.1. The van der Waals surface area contributed by atoms with E-state index in [-0.39, 0.29) is 19.0 Å². The Morgan fingerprint density at radius 1 is 0.935 bits per heavy atom. The van der Waals surface area contributed by atoms with Gasteiger partial charge < -0.3 is 54.3 Å². The maximum absolute atomic E-state index is 11.1. The van der Waals surface area contributed by atoms with Crippen molar-refractivity contribution >= 4 is 17.7 Å². The van der Waals surface area contributed by atoms with Crippen LogP contribution in [0, 0.1) is 0 Å². The number of hydrogen-bond donors (Lipinski definition) is 6. The lowest BCUT2D eigenvalue weighted by atomic mass is 9.97. The fourth-order valence-corrected chi connectivity index (χ4v) is 3.93. The zero-order valence-electron chi connectivity index (χ0n) is 17.4. The van der Waals surface area contributed by atoms with Crippen LogP contribution in [0.1, 0.15) is 13.3 Å². The van der Waals surface area contributed by atoms with E-state index in [1.54, 1.807) is 0 Å². The molecule has 0 amide bonds. The SMILES string of the molecule is COC(=O)CCSCCO[C@@H]1O[C@H](CO)[C@H](O)[C@H](O)[C@H]1O[C@@H]1O[C@@H](C)[C@@H](O)[C@@H](O)[C@@H]1O. The lowest BCUT2D eigenvalue weighted by Gasteiger charge is -2.45. The average Bonchev–Trinajstić information content (AvgIpc) is 2.76. The highest BCUT2D eigenvalue weighted by molar-refractivity contribution is 7.99. The quantitative estimate of drug-likeness (QED) is 0.139. The van der Waals surface area contributed by atoms with Crippen LogP contribution in [0.5, 0.6) is 0 Å². The van der Waals surface area contributed by atoms with Gasteiger partial charge in [-0.1, -0.05) is 0 Å². The van der Waals surface area contributed by atoms with Crippen molar-refractivity contribution in [1.82, 2.24) is 0 Å². The number of ether oxygens (including phenoxy) is 5. The molecule has 0 saturated carbocycles.